The summed E-state index contributed by atoms with van der Waals surface area (Å²) in [6.45, 7) is -0.671. The van der Waals surface area contributed by atoms with E-state index in [9.17, 15) is 31.1 Å². The minimum absolute atomic E-state index is 0.0265. The molecule has 112 valence electrons. The first-order valence-corrected chi connectivity index (χ1v) is 5.44. The van der Waals surface area contributed by atoms with Crippen LogP contribution in [-0.2, 0) is 0 Å². The van der Waals surface area contributed by atoms with Crippen molar-refractivity contribution < 1.29 is 31.1 Å². The highest BCUT2D eigenvalue weighted by molar-refractivity contribution is 5.74. The molecule has 0 spiro atoms. The van der Waals surface area contributed by atoms with E-state index in [1.807, 2.05) is 0 Å². The van der Waals surface area contributed by atoms with Gasteiger partial charge in [-0.25, -0.2) is 15.0 Å². The van der Waals surface area contributed by atoms with Crippen molar-refractivity contribution in [2.24, 2.45) is 0 Å². The quantitative estimate of drug-likeness (QED) is 0.594. The Kier molecular flexibility index (Phi) is 4.54. The number of alkyl halides is 6. The van der Waals surface area contributed by atoms with Gasteiger partial charge >= 0.3 is 18.6 Å². The molecule has 1 heterocycles. The second kappa shape index (κ2) is 5.43. The molecular formula is C9H13F6N3O. The lowest BCUT2D eigenvalue weighted by Gasteiger charge is -2.37. The number of urea groups is 1. The van der Waals surface area contributed by atoms with E-state index in [1.165, 1.54) is 0 Å². The summed E-state index contributed by atoms with van der Waals surface area (Å²) in [5.74, 6) is 0. The highest BCUT2D eigenvalue weighted by Crippen LogP contribution is 2.26. The van der Waals surface area contributed by atoms with Crippen molar-refractivity contribution in [2.75, 3.05) is 20.1 Å². The van der Waals surface area contributed by atoms with Gasteiger partial charge in [0, 0.05) is 26.2 Å². The van der Waals surface area contributed by atoms with Crippen LogP contribution in [0.25, 0.3) is 0 Å². The second-order valence-electron chi connectivity index (χ2n) is 4.22. The summed E-state index contributed by atoms with van der Waals surface area (Å²) in [6, 6.07) is -2.00. The maximum absolute atomic E-state index is 12.3. The molecule has 0 aromatic carbocycles. The molecule has 19 heavy (non-hydrogen) atoms. The smallest absolute Gasteiger partial charge is 0.325 e. The third-order valence-corrected chi connectivity index (χ3v) is 2.94. The Morgan fingerprint density at radius 1 is 1.16 bits per heavy atom. The van der Waals surface area contributed by atoms with Gasteiger partial charge in [-0.3, -0.25) is 0 Å². The fourth-order valence-electron chi connectivity index (χ4n) is 1.88. The van der Waals surface area contributed by atoms with Gasteiger partial charge in [-0.15, -0.1) is 0 Å². The maximum Gasteiger partial charge on any atom is 0.485 e. The third-order valence-electron chi connectivity index (χ3n) is 2.94. The van der Waals surface area contributed by atoms with Gasteiger partial charge in [-0.2, -0.15) is 26.3 Å². The lowest BCUT2D eigenvalue weighted by molar-refractivity contribution is -0.251. The number of hydrogen-bond donors (Lipinski definition) is 1. The van der Waals surface area contributed by atoms with Gasteiger partial charge < -0.3 is 4.90 Å². The molecule has 0 aliphatic carbocycles. The minimum atomic E-state index is -4.85. The first-order valence-electron chi connectivity index (χ1n) is 5.44. The van der Waals surface area contributed by atoms with Crippen molar-refractivity contribution in [3.05, 3.63) is 0 Å². The van der Waals surface area contributed by atoms with Gasteiger partial charge in [0.05, 0.1) is 0 Å². The van der Waals surface area contributed by atoms with Crippen LogP contribution in [0, 0.1) is 0 Å². The molecule has 0 aromatic heterocycles. The van der Waals surface area contributed by atoms with Crippen molar-refractivity contribution >= 4 is 6.03 Å². The molecular weight excluding hydrogens is 280 g/mol. The van der Waals surface area contributed by atoms with Gasteiger partial charge in [0.2, 0.25) is 0 Å². The molecule has 10 heteroatoms. The Morgan fingerprint density at radius 2 is 1.63 bits per heavy atom. The van der Waals surface area contributed by atoms with Crippen LogP contribution in [0.3, 0.4) is 0 Å². The minimum Gasteiger partial charge on any atom is -0.325 e. The molecule has 2 amide bonds. The Bertz CT molecular complexity index is 321. The number of hydrogen-bond acceptors (Lipinski definition) is 2. The Labute approximate surface area is 105 Å². The number of nitrogens with one attached hydrogen (secondary N) is 1. The lowest BCUT2D eigenvalue weighted by Crippen LogP contribution is -2.53. The molecule has 1 fully saturated rings. The summed E-state index contributed by atoms with van der Waals surface area (Å²) < 4.78 is 72.8. The van der Waals surface area contributed by atoms with E-state index in [2.05, 4.69) is 0 Å². The lowest BCUT2D eigenvalue weighted by atomic mass is 10.0. The predicted octanol–water partition coefficient (Wildman–Crippen LogP) is 2.13. The molecule has 0 radical (unpaired) electrons. The Balaban J connectivity index is 2.49. The number of halogens is 6. The molecule has 0 aromatic rings. The largest absolute Gasteiger partial charge is 0.485 e. The fourth-order valence-corrected chi connectivity index (χ4v) is 1.88. The van der Waals surface area contributed by atoms with Gasteiger partial charge in [-0.05, 0) is 12.8 Å². The number of likely N-dealkylation sites (tertiary alicyclic amines) is 1. The fraction of sp³-hybridized carbons (Fsp3) is 0.889. The van der Waals surface area contributed by atoms with Crippen LogP contribution in [0.15, 0.2) is 0 Å². The first-order chi connectivity index (χ1) is 8.50. The Morgan fingerprint density at radius 3 is 2.00 bits per heavy atom. The normalized spacial score (nSPS) is 19.3. The number of amides is 2. The van der Waals surface area contributed by atoms with Crippen molar-refractivity contribution in [2.45, 2.75) is 31.5 Å². The van der Waals surface area contributed by atoms with Crippen LogP contribution in [0.4, 0.5) is 31.1 Å². The van der Waals surface area contributed by atoms with Crippen LogP contribution in [0.1, 0.15) is 12.8 Å². The van der Waals surface area contributed by atoms with Crippen LogP contribution in [0.5, 0.6) is 0 Å². The van der Waals surface area contributed by atoms with E-state index in [-0.39, 0.29) is 30.8 Å². The summed E-state index contributed by atoms with van der Waals surface area (Å²) in [4.78, 5) is 12.3. The van der Waals surface area contributed by atoms with E-state index >= 15 is 0 Å². The highest BCUT2D eigenvalue weighted by atomic mass is 19.4. The molecule has 1 rings (SSSR count). The zero-order chi connectivity index (χ0) is 14.8. The van der Waals surface area contributed by atoms with Gasteiger partial charge in [0.15, 0.2) is 0 Å². The molecule has 0 saturated carbocycles. The zero-order valence-electron chi connectivity index (χ0n) is 9.98. The number of nitrogens with zero attached hydrogens (tertiary/aromatic N) is 2. The molecule has 1 saturated heterocycles. The number of piperidine rings is 1. The summed E-state index contributed by atoms with van der Waals surface area (Å²) >= 11 is 0. The van der Waals surface area contributed by atoms with Crippen LogP contribution >= 0.6 is 0 Å². The highest BCUT2D eigenvalue weighted by Gasteiger charge is 2.41. The standard InChI is InChI=1S/C9H13F6N3O/c1-17(7(19)16-8(10,11)12)6-2-4-18(5-3-6)9(13,14)15/h6H,2-5H2,1H3,(H,16,19). The SMILES string of the molecule is CN(C(=O)NC(F)(F)F)C1CCN(C(F)(F)F)CC1. The third kappa shape index (κ3) is 4.77. The van der Waals surface area contributed by atoms with E-state index in [1.54, 1.807) is 0 Å². The van der Waals surface area contributed by atoms with Gasteiger partial charge in [0.1, 0.15) is 0 Å². The average Bonchev–Trinajstić information content (AvgIpc) is 2.24. The molecule has 1 aliphatic heterocycles. The number of carbonyl (C=O) groups is 1. The molecule has 1 aliphatic rings. The van der Waals surface area contributed by atoms with Crippen molar-refractivity contribution in [3.63, 3.8) is 0 Å². The van der Waals surface area contributed by atoms with Gasteiger partial charge in [0.25, 0.3) is 0 Å². The van der Waals surface area contributed by atoms with E-state index in [0.717, 1.165) is 17.3 Å². The molecule has 0 bridgehead atoms. The monoisotopic (exact) mass is 293 g/mol. The molecule has 0 atom stereocenters. The first kappa shape index (κ1) is 15.9. The van der Waals surface area contributed by atoms with Crippen LogP contribution < -0.4 is 5.32 Å². The van der Waals surface area contributed by atoms with Gasteiger partial charge in [-0.1, -0.05) is 0 Å². The van der Waals surface area contributed by atoms with E-state index in [0.29, 0.717) is 0 Å². The van der Waals surface area contributed by atoms with Crippen LogP contribution in [0.2, 0.25) is 0 Å². The van der Waals surface area contributed by atoms with Crippen molar-refractivity contribution in [1.82, 2.24) is 15.1 Å². The summed E-state index contributed by atoms with van der Waals surface area (Å²) in [5, 5.41) is 0.809. The Hall–Kier alpha value is -1.19. The maximum atomic E-state index is 12.3. The molecule has 1 N–H and O–H groups in total. The topological polar surface area (TPSA) is 35.6 Å². The van der Waals surface area contributed by atoms with E-state index < -0.39 is 24.7 Å². The van der Waals surface area contributed by atoms with E-state index in [4.69, 9.17) is 0 Å². The average molecular weight is 293 g/mol. The summed E-state index contributed by atoms with van der Waals surface area (Å²) in [7, 11) is 1.13. The number of rotatable bonds is 1. The number of carbonyl (C=O) groups excluding carboxylic acids is 1. The summed E-state index contributed by atoms with van der Waals surface area (Å²) in [6.07, 6.45) is -9.35. The zero-order valence-corrected chi connectivity index (χ0v) is 9.98. The summed E-state index contributed by atoms with van der Waals surface area (Å²) in [5.41, 5.74) is 0. The molecule has 4 nitrogen and oxygen atoms in total. The van der Waals surface area contributed by atoms with Crippen molar-refractivity contribution in [1.29, 1.82) is 0 Å². The predicted molar refractivity (Wildman–Crippen MR) is 53.0 cm³/mol. The van der Waals surface area contributed by atoms with Crippen LogP contribution in [-0.4, -0.2) is 54.6 Å². The second-order valence-corrected chi connectivity index (χ2v) is 4.22. The van der Waals surface area contributed by atoms with Crippen molar-refractivity contribution in [3.8, 4) is 0 Å². The molecule has 0 unspecified atom stereocenters.